The van der Waals surface area contributed by atoms with Gasteiger partial charge in [0.25, 0.3) is 0 Å². The van der Waals surface area contributed by atoms with Gasteiger partial charge in [-0.05, 0) is 37.7 Å². The monoisotopic (exact) mass is 458 g/mol. The topological polar surface area (TPSA) is 240 Å². The minimum atomic E-state index is -0.796. The Morgan fingerprint density at radius 3 is 1.27 bits per heavy atom. The Morgan fingerprint density at radius 2 is 1.12 bits per heavy atom. The zero-order chi connectivity index (χ0) is 19.1. The summed E-state index contributed by atoms with van der Waals surface area (Å²) < 4.78 is 0. The molecular formula is C12H16Cu2N10O2. The third-order valence-corrected chi connectivity index (χ3v) is 1.62. The van der Waals surface area contributed by atoms with E-state index in [0.717, 1.165) is 0 Å². The van der Waals surface area contributed by atoms with Crippen LogP contribution in [0.3, 0.4) is 0 Å². The molecule has 0 aromatic rings. The maximum Gasteiger partial charge on any atom is 2.00 e. The van der Waals surface area contributed by atoms with Gasteiger partial charge in [0.2, 0.25) is 0 Å². The predicted octanol–water partition coefficient (Wildman–Crippen LogP) is -2.38. The Balaban J connectivity index is -0.000000102. The van der Waals surface area contributed by atoms with E-state index >= 15 is 0 Å². The van der Waals surface area contributed by atoms with E-state index in [1.54, 1.807) is 0 Å². The van der Waals surface area contributed by atoms with Gasteiger partial charge in [-0.1, -0.05) is 0 Å². The Bertz CT molecular complexity index is 505. The summed E-state index contributed by atoms with van der Waals surface area (Å²) in [4.78, 5) is 12.2. The van der Waals surface area contributed by atoms with Crippen molar-refractivity contribution in [1.29, 1.82) is 10.5 Å². The van der Waals surface area contributed by atoms with Crippen LogP contribution in [0.25, 0.3) is 10.8 Å². The van der Waals surface area contributed by atoms with Crippen molar-refractivity contribution >= 4 is 23.8 Å². The molecule has 0 heterocycles. The molecule has 2 radical (unpaired) electrons. The van der Waals surface area contributed by atoms with Gasteiger partial charge < -0.3 is 52.5 Å². The first kappa shape index (κ1) is 34.9. The quantitative estimate of drug-likeness (QED) is 0.144. The van der Waals surface area contributed by atoms with E-state index < -0.39 is 11.8 Å². The van der Waals surface area contributed by atoms with Gasteiger partial charge >= 0.3 is 34.1 Å². The summed E-state index contributed by atoms with van der Waals surface area (Å²) in [6.45, 7) is 1.48. The Morgan fingerprint density at radius 1 is 0.808 bits per heavy atom. The van der Waals surface area contributed by atoms with Crippen LogP contribution in [0.1, 0.15) is 12.8 Å². The van der Waals surface area contributed by atoms with Gasteiger partial charge in [0.15, 0.2) is 0 Å². The molecular weight excluding hydrogens is 443 g/mol. The molecule has 0 aromatic heterocycles. The summed E-state index contributed by atoms with van der Waals surface area (Å²) >= 11 is 0. The van der Waals surface area contributed by atoms with Gasteiger partial charge in [0, 0.05) is 13.1 Å². The molecule has 0 spiro atoms. The van der Waals surface area contributed by atoms with Crippen LogP contribution < -0.4 is 21.7 Å². The molecule has 0 rings (SSSR count). The third-order valence-electron chi connectivity index (χ3n) is 1.62. The maximum absolute atomic E-state index is 10.9. The van der Waals surface area contributed by atoms with Crippen LogP contribution in [-0.2, 0) is 34.1 Å². The molecule has 0 atom stereocenters. The van der Waals surface area contributed by atoms with Gasteiger partial charge in [0.05, 0.1) is 12.4 Å². The summed E-state index contributed by atoms with van der Waals surface area (Å²) in [6, 6.07) is 2.56. The normalized spacial score (nSPS) is 8.62. The molecule has 0 unspecified atom stereocenters. The van der Waals surface area contributed by atoms with Crippen LogP contribution in [-0.4, -0.2) is 50.0 Å². The number of hydrogen-bond donors (Lipinski definition) is 2. The van der Waals surface area contributed by atoms with Gasteiger partial charge in [-0.3, -0.25) is 0 Å². The first-order valence-electron chi connectivity index (χ1n) is 6.34. The van der Waals surface area contributed by atoms with E-state index in [9.17, 15) is 10.2 Å². The fourth-order valence-corrected chi connectivity index (χ4v) is 0.724. The van der Waals surface area contributed by atoms with Crippen molar-refractivity contribution in [3.8, 4) is 12.4 Å². The molecule has 26 heavy (non-hydrogen) atoms. The molecule has 4 N–H and O–H groups in total. The zero-order valence-corrected chi connectivity index (χ0v) is 15.3. The SMILES string of the molecule is N#CN=C=[N-].N#CN=C=[N-].NCCCN=C([O-])C([O-])=NCCCN.[Cu+2].[Cu+2]. The fraction of sp³-hybridized carbons (Fsp3) is 0.500. The van der Waals surface area contributed by atoms with E-state index in [4.69, 9.17) is 32.8 Å². The second kappa shape index (κ2) is 34.1. The summed E-state index contributed by atoms with van der Waals surface area (Å²) in [5, 5.41) is 51.6. The zero-order valence-electron chi connectivity index (χ0n) is 13.4. The largest absolute Gasteiger partial charge is 2.00 e. The molecule has 14 heteroatoms. The third kappa shape index (κ3) is 37.7. The fourth-order valence-electron chi connectivity index (χ4n) is 0.724. The summed E-state index contributed by atoms with van der Waals surface area (Å²) in [7, 11) is 0. The molecule has 148 valence electrons. The minimum absolute atomic E-state index is 0. The Labute approximate surface area is 172 Å². The smallest absolute Gasteiger partial charge is 0.858 e. The molecule has 0 aliphatic rings. The molecule has 0 fully saturated rings. The van der Waals surface area contributed by atoms with Gasteiger partial charge in [-0.2, -0.15) is 10.5 Å². The molecule has 0 aromatic carbocycles. The number of nitriles is 2. The van der Waals surface area contributed by atoms with Crippen molar-refractivity contribution in [3.05, 3.63) is 10.8 Å². The summed E-state index contributed by atoms with van der Waals surface area (Å²) in [5.74, 6) is -1.59. The van der Waals surface area contributed by atoms with Gasteiger partial charge in [0.1, 0.15) is 0 Å². The van der Waals surface area contributed by atoms with Crippen LogP contribution in [0.2, 0.25) is 0 Å². The minimum Gasteiger partial charge on any atom is -0.858 e. The molecule has 0 saturated carbocycles. The van der Waals surface area contributed by atoms with Crippen molar-refractivity contribution in [2.24, 2.45) is 31.4 Å². The molecule has 0 aliphatic heterocycles. The average molecular weight is 459 g/mol. The van der Waals surface area contributed by atoms with E-state index in [1.807, 2.05) is 0 Å². The molecule has 0 amide bonds. The van der Waals surface area contributed by atoms with Crippen LogP contribution in [0.15, 0.2) is 20.0 Å². The van der Waals surface area contributed by atoms with Crippen LogP contribution in [0.5, 0.6) is 0 Å². The maximum atomic E-state index is 10.9. The number of aliphatic imine (C=N–C) groups is 4. The first-order valence-corrected chi connectivity index (χ1v) is 6.34. The van der Waals surface area contributed by atoms with Crippen LogP contribution >= 0.6 is 0 Å². The molecule has 0 aliphatic carbocycles. The standard InChI is InChI=1S/C8H18N4O2.2C2N3.2Cu/c9-3-1-5-11-7(13)8(14)12-6-2-4-10;2*3-1-5-2-4;;/h1-6,9-10H2,(H,11,13)(H,12,14);;;;/q;2*-1;2*+2/p-2. The van der Waals surface area contributed by atoms with Crippen LogP contribution in [0.4, 0.5) is 0 Å². The summed E-state index contributed by atoms with van der Waals surface area (Å²) in [5.41, 5.74) is 10.4. The Hall–Kier alpha value is -2.36. The van der Waals surface area contributed by atoms with E-state index in [0.29, 0.717) is 25.9 Å². The van der Waals surface area contributed by atoms with Crippen molar-refractivity contribution < 1.29 is 44.4 Å². The van der Waals surface area contributed by atoms with Crippen molar-refractivity contribution in [2.75, 3.05) is 26.2 Å². The van der Waals surface area contributed by atoms with Crippen molar-refractivity contribution in [2.45, 2.75) is 12.8 Å². The first-order chi connectivity index (χ1) is 11.5. The second-order valence-electron chi connectivity index (χ2n) is 3.28. The molecule has 0 saturated heterocycles. The van der Waals surface area contributed by atoms with Crippen LogP contribution in [0, 0.1) is 22.9 Å². The Kier molecular flexibility index (Phi) is 45.7. The number of rotatable bonds is 6. The predicted molar refractivity (Wildman–Crippen MR) is 84.8 cm³/mol. The number of nitrogens with two attached hydrogens (primary N) is 2. The van der Waals surface area contributed by atoms with E-state index in [-0.39, 0.29) is 47.2 Å². The summed E-state index contributed by atoms with van der Waals surface area (Å²) in [6.07, 6.45) is 3.76. The second-order valence-corrected chi connectivity index (χ2v) is 3.28. The van der Waals surface area contributed by atoms with E-state index in [1.165, 1.54) is 24.4 Å². The van der Waals surface area contributed by atoms with Gasteiger partial charge in [-0.25, -0.2) is 0 Å². The molecule has 12 nitrogen and oxygen atoms in total. The van der Waals surface area contributed by atoms with E-state index in [2.05, 4.69) is 20.0 Å². The van der Waals surface area contributed by atoms with Gasteiger partial charge in [-0.15, -0.1) is 12.0 Å². The number of nitrogens with zero attached hydrogens (tertiary/aromatic N) is 8. The molecule has 0 bridgehead atoms. The van der Waals surface area contributed by atoms with Crippen molar-refractivity contribution in [3.63, 3.8) is 0 Å². The number of hydrogen-bond acceptors (Lipinski definition) is 10. The van der Waals surface area contributed by atoms with Crippen molar-refractivity contribution in [1.82, 2.24) is 0 Å². The average Bonchev–Trinajstić information content (AvgIpc) is 2.57.